The highest BCUT2D eigenvalue weighted by Gasteiger charge is 2.13. The molecule has 1 N–H and O–H groups in total. The van der Waals surface area contributed by atoms with Gasteiger partial charge in [-0.25, -0.2) is 4.39 Å². The van der Waals surface area contributed by atoms with Crippen molar-refractivity contribution in [2.24, 2.45) is 0 Å². The summed E-state index contributed by atoms with van der Waals surface area (Å²) in [7, 11) is 0. The number of ether oxygens (including phenoxy) is 1. The maximum Gasteiger partial charge on any atom is 0.228 e. The van der Waals surface area contributed by atoms with Crippen LogP contribution in [0.2, 0.25) is 0 Å². The maximum absolute atomic E-state index is 13.0. The van der Waals surface area contributed by atoms with E-state index in [4.69, 9.17) is 4.74 Å². The Balaban J connectivity index is 1.42. The first-order valence-electron chi connectivity index (χ1n) is 9.48. The van der Waals surface area contributed by atoms with Crippen molar-refractivity contribution in [3.8, 4) is 11.3 Å². The lowest BCUT2D eigenvalue weighted by Gasteiger charge is -2.27. The molecule has 29 heavy (non-hydrogen) atoms. The van der Waals surface area contributed by atoms with Crippen molar-refractivity contribution in [1.82, 2.24) is 10.2 Å². The minimum Gasteiger partial charge on any atom is -0.378 e. The molecule has 148 valence electrons. The Bertz CT molecular complexity index is 971. The van der Waals surface area contributed by atoms with Crippen LogP contribution in [-0.2, 0) is 16.0 Å². The number of morpholine rings is 1. The zero-order valence-electron chi connectivity index (χ0n) is 15.8. The van der Waals surface area contributed by atoms with Crippen LogP contribution in [0.5, 0.6) is 0 Å². The molecule has 6 nitrogen and oxygen atoms in total. The van der Waals surface area contributed by atoms with Crippen LogP contribution in [0.15, 0.2) is 60.7 Å². The standard InChI is InChI=1S/C22H21FN4O2/c23-18-6-4-16(5-7-18)14-22(28)24-19-3-1-2-17(15-19)20-8-9-21(26-25-20)27-10-12-29-13-11-27/h1-9,15H,10-14H2,(H,24,28). The van der Waals surface area contributed by atoms with Gasteiger partial charge in [-0.1, -0.05) is 24.3 Å². The van der Waals surface area contributed by atoms with Gasteiger partial charge in [-0.2, -0.15) is 0 Å². The smallest absolute Gasteiger partial charge is 0.228 e. The molecule has 0 unspecified atom stereocenters. The van der Waals surface area contributed by atoms with Crippen molar-refractivity contribution >= 4 is 17.4 Å². The Hall–Kier alpha value is -3.32. The van der Waals surface area contributed by atoms with E-state index in [0.717, 1.165) is 35.7 Å². The van der Waals surface area contributed by atoms with Crippen LogP contribution >= 0.6 is 0 Å². The third-order valence-electron chi connectivity index (χ3n) is 4.71. The van der Waals surface area contributed by atoms with Gasteiger partial charge < -0.3 is 15.0 Å². The van der Waals surface area contributed by atoms with Crippen molar-refractivity contribution < 1.29 is 13.9 Å². The fraction of sp³-hybridized carbons (Fsp3) is 0.227. The first-order valence-corrected chi connectivity index (χ1v) is 9.48. The van der Waals surface area contributed by atoms with Crippen molar-refractivity contribution in [1.29, 1.82) is 0 Å². The molecule has 1 fully saturated rings. The summed E-state index contributed by atoms with van der Waals surface area (Å²) in [6.07, 6.45) is 0.179. The average molecular weight is 392 g/mol. The SMILES string of the molecule is O=C(Cc1ccc(F)cc1)Nc1cccc(-c2ccc(N3CCOCC3)nn2)c1. The van der Waals surface area contributed by atoms with Crippen LogP contribution in [-0.4, -0.2) is 42.4 Å². The number of carbonyl (C=O) groups is 1. The summed E-state index contributed by atoms with van der Waals surface area (Å²) in [5.41, 5.74) is 3.03. The topological polar surface area (TPSA) is 67.4 Å². The molecule has 0 spiro atoms. The summed E-state index contributed by atoms with van der Waals surface area (Å²) in [6.45, 7) is 3.01. The van der Waals surface area contributed by atoms with Crippen molar-refractivity contribution in [3.05, 3.63) is 72.0 Å². The van der Waals surface area contributed by atoms with E-state index in [-0.39, 0.29) is 18.1 Å². The molecule has 0 radical (unpaired) electrons. The molecule has 1 saturated heterocycles. The number of hydrogen-bond acceptors (Lipinski definition) is 5. The van der Waals surface area contributed by atoms with Crippen molar-refractivity contribution in [2.75, 3.05) is 36.5 Å². The number of rotatable bonds is 5. The fourth-order valence-corrected chi connectivity index (χ4v) is 3.19. The van der Waals surface area contributed by atoms with E-state index >= 15 is 0 Å². The average Bonchev–Trinajstić information content (AvgIpc) is 2.76. The quantitative estimate of drug-likeness (QED) is 0.722. The molecule has 1 aromatic heterocycles. The van der Waals surface area contributed by atoms with Gasteiger partial charge in [0.1, 0.15) is 5.82 Å². The van der Waals surface area contributed by atoms with E-state index in [1.54, 1.807) is 12.1 Å². The van der Waals surface area contributed by atoms with Crippen LogP contribution in [0.25, 0.3) is 11.3 Å². The normalized spacial score (nSPS) is 13.9. The van der Waals surface area contributed by atoms with Crippen LogP contribution in [0.3, 0.4) is 0 Å². The maximum atomic E-state index is 13.0. The Morgan fingerprint density at radius 1 is 1.03 bits per heavy atom. The van der Waals surface area contributed by atoms with Gasteiger partial charge in [0.25, 0.3) is 0 Å². The lowest BCUT2D eigenvalue weighted by Crippen LogP contribution is -2.36. The Morgan fingerprint density at radius 3 is 2.55 bits per heavy atom. The highest BCUT2D eigenvalue weighted by Crippen LogP contribution is 2.22. The molecule has 3 aromatic rings. The highest BCUT2D eigenvalue weighted by molar-refractivity contribution is 5.92. The minimum atomic E-state index is -0.317. The number of amides is 1. The number of halogens is 1. The first-order chi connectivity index (χ1) is 14.2. The molecule has 1 aliphatic heterocycles. The van der Waals surface area contributed by atoms with E-state index in [1.165, 1.54) is 12.1 Å². The predicted octanol–water partition coefficient (Wildman–Crippen LogP) is 3.30. The van der Waals surface area contributed by atoms with Crippen LogP contribution in [0, 0.1) is 5.82 Å². The molecule has 1 amide bonds. The van der Waals surface area contributed by atoms with Gasteiger partial charge in [0.15, 0.2) is 5.82 Å². The molecule has 0 aliphatic carbocycles. The van der Waals surface area contributed by atoms with Crippen LogP contribution < -0.4 is 10.2 Å². The summed E-state index contributed by atoms with van der Waals surface area (Å²) in [5, 5.41) is 11.5. The lowest BCUT2D eigenvalue weighted by molar-refractivity contribution is -0.115. The predicted molar refractivity (Wildman–Crippen MR) is 109 cm³/mol. The molecule has 1 aliphatic rings. The summed E-state index contributed by atoms with van der Waals surface area (Å²) in [6, 6.07) is 17.3. The first kappa shape index (κ1) is 19.0. The Morgan fingerprint density at radius 2 is 1.83 bits per heavy atom. The molecule has 7 heteroatoms. The molecular formula is C22H21FN4O2. The molecule has 0 saturated carbocycles. The van der Waals surface area contributed by atoms with Gasteiger partial charge in [0.05, 0.1) is 25.3 Å². The van der Waals surface area contributed by atoms with Gasteiger partial charge in [-0.15, -0.1) is 10.2 Å². The monoisotopic (exact) mass is 392 g/mol. The Kier molecular flexibility index (Phi) is 5.76. The number of nitrogens with zero attached hydrogens (tertiary/aromatic N) is 3. The zero-order valence-corrected chi connectivity index (χ0v) is 15.8. The second-order valence-corrected chi connectivity index (χ2v) is 6.81. The third-order valence-corrected chi connectivity index (χ3v) is 4.71. The van der Waals surface area contributed by atoms with E-state index in [0.29, 0.717) is 18.9 Å². The number of carbonyl (C=O) groups excluding carboxylic acids is 1. The van der Waals surface area contributed by atoms with E-state index in [2.05, 4.69) is 20.4 Å². The second-order valence-electron chi connectivity index (χ2n) is 6.81. The summed E-state index contributed by atoms with van der Waals surface area (Å²) >= 11 is 0. The number of hydrogen-bond donors (Lipinski definition) is 1. The van der Waals surface area contributed by atoms with Gasteiger partial charge >= 0.3 is 0 Å². The molecule has 2 heterocycles. The van der Waals surface area contributed by atoms with E-state index in [9.17, 15) is 9.18 Å². The highest BCUT2D eigenvalue weighted by atomic mass is 19.1. The van der Waals surface area contributed by atoms with Crippen molar-refractivity contribution in [2.45, 2.75) is 6.42 Å². The van der Waals surface area contributed by atoms with E-state index < -0.39 is 0 Å². The zero-order chi connectivity index (χ0) is 20.1. The summed E-state index contributed by atoms with van der Waals surface area (Å²) < 4.78 is 18.3. The van der Waals surface area contributed by atoms with Crippen molar-refractivity contribution in [3.63, 3.8) is 0 Å². The molecule has 2 aromatic carbocycles. The largest absolute Gasteiger partial charge is 0.378 e. The summed E-state index contributed by atoms with van der Waals surface area (Å²) in [4.78, 5) is 14.4. The molecule has 0 atom stereocenters. The molecule has 4 rings (SSSR count). The minimum absolute atomic E-state index is 0.164. The van der Waals surface area contributed by atoms with Gasteiger partial charge in [0, 0.05) is 24.3 Å². The van der Waals surface area contributed by atoms with Gasteiger partial charge in [-0.05, 0) is 42.0 Å². The number of aromatic nitrogens is 2. The number of nitrogens with one attached hydrogen (secondary N) is 1. The lowest BCUT2D eigenvalue weighted by atomic mass is 10.1. The molecule has 0 bridgehead atoms. The number of anilines is 2. The van der Waals surface area contributed by atoms with Gasteiger partial charge in [-0.3, -0.25) is 4.79 Å². The second kappa shape index (κ2) is 8.79. The van der Waals surface area contributed by atoms with Crippen LogP contribution in [0.4, 0.5) is 15.9 Å². The van der Waals surface area contributed by atoms with E-state index in [1.807, 2.05) is 36.4 Å². The van der Waals surface area contributed by atoms with Crippen LogP contribution in [0.1, 0.15) is 5.56 Å². The molecular weight excluding hydrogens is 371 g/mol. The number of benzene rings is 2. The van der Waals surface area contributed by atoms with Gasteiger partial charge in [0.2, 0.25) is 5.91 Å². The fourth-order valence-electron chi connectivity index (χ4n) is 3.19. The Labute approximate surface area is 168 Å². The third kappa shape index (κ3) is 4.94. The summed E-state index contributed by atoms with van der Waals surface area (Å²) in [5.74, 6) is 0.353.